The van der Waals surface area contributed by atoms with Gasteiger partial charge < -0.3 is 5.11 Å². The molecule has 0 saturated heterocycles. The van der Waals surface area contributed by atoms with Crippen molar-refractivity contribution in [3.8, 4) is 0 Å². The highest BCUT2D eigenvalue weighted by molar-refractivity contribution is 6.11. The molecule has 1 aliphatic carbocycles. The highest BCUT2D eigenvalue weighted by Gasteiger charge is 2.28. The molecule has 0 aromatic carbocycles. The third kappa shape index (κ3) is 1.78. The van der Waals surface area contributed by atoms with E-state index in [1.165, 1.54) is 12.2 Å². The van der Waals surface area contributed by atoms with E-state index in [9.17, 15) is 14.4 Å². The zero-order chi connectivity index (χ0) is 9.14. The van der Waals surface area contributed by atoms with Gasteiger partial charge >= 0.3 is 5.97 Å². The molecule has 0 aliphatic heterocycles. The number of aliphatic carboxylic acids is 1. The molecule has 0 amide bonds. The van der Waals surface area contributed by atoms with Crippen LogP contribution < -0.4 is 0 Å². The van der Waals surface area contributed by atoms with Gasteiger partial charge in [0.15, 0.2) is 5.78 Å². The van der Waals surface area contributed by atoms with Crippen molar-refractivity contribution in [3.63, 3.8) is 0 Å². The Labute approximate surface area is 68.9 Å². The SMILES string of the molecule is O=C(O)CC1C(=O)C=CCC1=O. The van der Waals surface area contributed by atoms with E-state index in [4.69, 9.17) is 5.11 Å². The molecule has 1 rings (SSSR count). The summed E-state index contributed by atoms with van der Waals surface area (Å²) in [5.41, 5.74) is 0. The number of allylic oxidation sites excluding steroid dienone is 2. The molecule has 12 heavy (non-hydrogen) atoms. The summed E-state index contributed by atoms with van der Waals surface area (Å²) >= 11 is 0. The number of carbonyl (C=O) groups is 3. The standard InChI is InChI=1S/C8H8O4/c9-6-2-1-3-7(10)5(6)4-8(11)12/h1-2,5H,3-4H2,(H,11,12). The molecule has 1 unspecified atom stereocenters. The molecule has 0 aromatic rings. The lowest BCUT2D eigenvalue weighted by Gasteiger charge is -2.12. The van der Waals surface area contributed by atoms with Crippen LogP contribution in [0, 0.1) is 5.92 Å². The number of ketones is 2. The lowest BCUT2D eigenvalue weighted by atomic mass is 9.89. The van der Waals surface area contributed by atoms with Gasteiger partial charge in [-0.15, -0.1) is 0 Å². The first-order valence-corrected chi connectivity index (χ1v) is 3.56. The fraction of sp³-hybridized carbons (Fsp3) is 0.375. The highest BCUT2D eigenvalue weighted by Crippen LogP contribution is 2.14. The third-order valence-electron chi connectivity index (χ3n) is 1.71. The minimum Gasteiger partial charge on any atom is -0.481 e. The van der Waals surface area contributed by atoms with E-state index in [2.05, 4.69) is 0 Å². The Balaban J connectivity index is 2.73. The van der Waals surface area contributed by atoms with Crippen LogP contribution in [0.4, 0.5) is 0 Å². The van der Waals surface area contributed by atoms with Crippen molar-refractivity contribution in [3.05, 3.63) is 12.2 Å². The first-order chi connectivity index (χ1) is 5.61. The second kappa shape index (κ2) is 3.30. The van der Waals surface area contributed by atoms with Gasteiger partial charge in [-0.25, -0.2) is 0 Å². The summed E-state index contributed by atoms with van der Waals surface area (Å²) in [7, 11) is 0. The molecule has 0 heterocycles. The second-order valence-corrected chi connectivity index (χ2v) is 2.63. The molecule has 64 valence electrons. The van der Waals surface area contributed by atoms with Crippen molar-refractivity contribution in [2.45, 2.75) is 12.8 Å². The number of hydrogen-bond donors (Lipinski definition) is 1. The monoisotopic (exact) mass is 168 g/mol. The van der Waals surface area contributed by atoms with E-state index < -0.39 is 17.7 Å². The van der Waals surface area contributed by atoms with Crippen LogP contribution in [0.25, 0.3) is 0 Å². The van der Waals surface area contributed by atoms with Crippen LogP contribution in [0.15, 0.2) is 12.2 Å². The predicted molar refractivity (Wildman–Crippen MR) is 39.5 cm³/mol. The summed E-state index contributed by atoms with van der Waals surface area (Å²) in [5.74, 6) is -2.76. The Kier molecular flexibility index (Phi) is 2.38. The summed E-state index contributed by atoms with van der Waals surface area (Å²) in [6, 6.07) is 0. The second-order valence-electron chi connectivity index (χ2n) is 2.63. The molecule has 1 aliphatic rings. The van der Waals surface area contributed by atoms with Gasteiger partial charge in [0.2, 0.25) is 0 Å². The normalized spacial score (nSPS) is 22.8. The van der Waals surface area contributed by atoms with Gasteiger partial charge in [0.25, 0.3) is 0 Å². The zero-order valence-corrected chi connectivity index (χ0v) is 6.32. The van der Waals surface area contributed by atoms with Crippen molar-refractivity contribution >= 4 is 17.5 Å². The number of carboxylic acid groups (broad SMARTS) is 1. The van der Waals surface area contributed by atoms with Crippen molar-refractivity contribution in [1.82, 2.24) is 0 Å². The largest absolute Gasteiger partial charge is 0.481 e. The average Bonchev–Trinajstić information content (AvgIpc) is 1.97. The molecule has 0 aromatic heterocycles. The van der Waals surface area contributed by atoms with E-state index in [1.54, 1.807) is 0 Å². The molecule has 4 heteroatoms. The summed E-state index contributed by atoms with van der Waals surface area (Å²) < 4.78 is 0. The van der Waals surface area contributed by atoms with Crippen molar-refractivity contribution in [1.29, 1.82) is 0 Å². The highest BCUT2D eigenvalue weighted by atomic mass is 16.4. The minimum absolute atomic E-state index is 0.170. The van der Waals surface area contributed by atoms with E-state index >= 15 is 0 Å². The minimum atomic E-state index is -1.11. The number of carbonyl (C=O) groups excluding carboxylic acids is 2. The Bertz CT molecular complexity index is 264. The van der Waals surface area contributed by atoms with Crippen LogP contribution in [0.2, 0.25) is 0 Å². The summed E-state index contributed by atoms with van der Waals surface area (Å²) in [6.07, 6.45) is 2.52. The van der Waals surface area contributed by atoms with E-state index in [-0.39, 0.29) is 18.6 Å². The van der Waals surface area contributed by atoms with Crippen LogP contribution in [-0.2, 0) is 14.4 Å². The first-order valence-electron chi connectivity index (χ1n) is 3.56. The van der Waals surface area contributed by atoms with Crippen LogP contribution in [0.3, 0.4) is 0 Å². The summed E-state index contributed by atoms with van der Waals surface area (Å²) in [4.78, 5) is 32.2. The van der Waals surface area contributed by atoms with Gasteiger partial charge in [-0.3, -0.25) is 14.4 Å². The molecular formula is C8H8O4. The Morgan fingerprint density at radius 1 is 1.58 bits per heavy atom. The van der Waals surface area contributed by atoms with Gasteiger partial charge in [0.05, 0.1) is 12.3 Å². The first kappa shape index (κ1) is 8.64. The molecule has 1 atom stereocenters. The maximum Gasteiger partial charge on any atom is 0.304 e. The van der Waals surface area contributed by atoms with Gasteiger partial charge in [-0.2, -0.15) is 0 Å². The number of rotatable bonds is 2. The molecule has 0 bridgehead atoms. The quantitative estimate of drug-likeness (QED) is 0.597. The average molecular weight is 168 g/mol. The number of Topliss-reactive ketones (excluding diaryl/α,β-unsaturated/α-hetero) is 1. The van der Waals surface area contributed by atoms with Crippen LogP contribution in [0.1, 0.15) is 12.8 Å². The maximum absolute atomic E-state index is 11.0. The summed E-state index contributed by atoms with van der Waals surface area (Å²) in [6.45, 7) is 0. The van der Waals surface area contributed by atoms with Crippen LogP contribution in [0.5, 0.6) is 0 Å². The lowest BCUT2D eigenvalue weighted by molar-refractivity contribution is -0.143. The lowest BCUT2D eigenvalue weighted by Crippen LogP contribution is -2.27. The van der Waals surface area contributed by atoms with Crippen molar-refractivity contribution in [2.75, 3.05) is 0 Å². The zero-order valence-electron chi connectivity index (χ0n) is 6.32. The number of hydrogen-bond acceptors (Lipinski definition) is 3. The van der Waals surface area contributed by atoms with Gasteiger partial charge in [0, 0.05) is 6.42 Å². The molecule has 0 fully saturated rings. The molecule has 0 spiro atoms. The van der Waals surface area contributed by atoms with Crippen molar-refractivity contribution < 1.29 is 19.5 Å². The smallest absolute Gasteiger partial charge is 0.304 e. The van der Waals surface area contributed by atoms with E-state index in [1.807, 2.05) is 0 Å². The maximum atomic E-state index is 11.0. The number of carboxylic acids is 1. The predicted octanol–water partition coefficient (Wildman–Crippen LogP) is 0.175. The molecule has 0 radical (unpaired) electrons. The molecular weight excluding hydrogens is 160 g/mol. The van der Waals surface area contributed by atoms with Crippen molar-refractivity contribution in [2.24, 2.45) is 5.92 Å². The fourth-order valence-corrected chi connectivity index (χ4v) is 1.10. The Hall–Kier alpha value is -1.45. The molecule has 4 nitrogen and oxygen atoms in total. The van der Waals surface area contributed by atoms with Gasteiger partial charge in [0.1, 0.15) is 5.78 Å². The Morgan fingerprint density at radius 2 is 2.25 bits per heavy atom. The Morgan fingerprint density at radius 3 is 2.75 bits per heavy atom. The third-order valence-corrected chi connectivity index (χ3v) is 1.71. The molecule has 1 N–H and O–H groups in total. The van der Waals surface area contributed by atoms with Crippen LogP contribution in [-0.4, -0.2) is 22.6 Å². The van der Waals surface area contributed by atoms with Gasteiger partial charge in [-0.1, -0.05) is 6.08 Å². The van der Waals surface area contributed by atoms with Crippen LogP contribution >= 0.6 is 0 Å². The summed E-state index contributed by atoms with van der Waals surface area (Å²) in [5, 5.41) is 8.37. The fourth-order valence-electron chi connectivity index (χ4n) is 1.10. The molecule has 0 saturated carbocycles. The van der Waals surface area contributed by atoms with E-state index in [0.717, 1.165) is 0 Å². The topological polar surface area (TPSA) is 71.4 Å². The van der Waals surface area contributed by atoms with E-state index in [0.29, 0.717) is 0 Å². The van der Waals surface area contributed by atoms with Gasteiger partial charge in [-0.05, 0) is 6.08 Å².